The predicted molar refractivity (Wildman–Crippen MR) is 77.8 cm³/mol. The molecule has 0 aliphatic carbocycles. The molecule has 0 spiro atoms. The van der Waals surface area contributed by atoms with Crippen molar-refractivity contribution in [2.75, 3.05) is 12.5 Å². The fourth-order valence-corrected chi connectivity index (χ4v) is 2.13. The number of nitrogens with two attached hydrogens (primary N) is 1. The van der Waals surface area contributed by atoms with Gasteiger partial charge >= 0.3 is 0 Å². The minimum absolute atomic E-state index is 0.129. The molecule has 0 saturated heterocycles. The summed E-state index contributed by atoms with van der Waals surface area (Å²) in [6.07, 6.45) is -0.618. The van der Waals surface area contributed by atoms with E-state index in [1.165, 1.54) is 0 Å². The lowest BCUT2D eigenvalue weighted by Crippen LogP contribution is -2.23. The number of carbonyl (C=O) groups excluding carboxylic acids is 1. The molecule has 2 aromatic carbocycles. The second-order valence-electron chi connectivity index (χ2n) is 4.76. The smallest absolute Gasteiger partial charge is 0.231 e. The fraction of sp³-hybridized carbons (Fsp3) is 0.188. The number of fused-ring (bicyclic) bond motifs is 1. The largest absolute Gasteiger partial charge is 0.482 e. The van der Waals surface area contributed by atoms with E-state index in [4.69, 9.17) is 19.9 Å². The maximum Gasteiger partial charge on any atom is 0.231 e. The summed E-state index contributed by atoms with van der Waals surface area (Å²) in [6, 6.07) is 12.1. The van der Waals surface area contributed by atoms with E-state index in [0.717, 1.165) is 0 Å². The summed E-state index contributed by atoms with van der Waals surface area (Å²) in [5, 5.41) is 0. The highest BCUT2D eigenvalue weighted by molar-refractivity contribution is 6.00. The molecule has 1 heterocycles. The van der Waals surface area contributed by atoms with E-state index in [9.17, 15) is 4.79 Å². The van der Waals surface area contributed by atoms with Crippen molar-refractivity contribution in [1.82, 2.24) is 0 Å². The van der Waals surface area contributed by atoms with Crippen LogP contribution >= 0.6 is 0 Å². The molecule has 5 nitrogen and oxygen atoms in total. The van der Waals surface area contributed by atoms with Crippen LogP contribution in [0.3, 0.4) is 0 Å². The normalized spacial score (nSPS) is 13.8. The Hall–Kier alpha value is -2.69. The molecule has 0 fully saturated rings. The summed E-state index contributed by atoms with van der Waals surface area (Å²) < 4.78 is 16.1. The van der Waals surface area contributed by atoms with E-state index in [0.29, 0.717) is 28.5 Å². The van der Waals surface area contributed by atoms with Crippen molar-refractivity contribution < 1.29 is 19.0 Å². The van der Waals surface area contributed by atoms with Gasteiger partial charge in [-0.3, -0.25) is 4.79 Å². The molecule has 0 radical (unpaired) electrons. The van der Waals surface area contributed by atoms with Crippen LogP contribution in [0.2, 0.25) is 0 Å². The van der Waals surface area contributed by atoms with E-state index < -0.39 is 6.10 Å². The van der Waals surface area contributed by atoms with Gasteiger partial charge in [0.2, 0.25) is 12.6 Å². The third kappa shape index (κ3) is 2.76. The molecule has 2 aromatic rings. The summed E-state index contributed by atoms with van der Waals surface area (Å²) >= 11 is 0. The molecule has 0 saturated carbocycles. The van der Waals surface area contributed by atoms with E-state index in [-0.39, 0.29) is 12.6 Å². The van der Waals surface area contributed by atoms with Gasteiger partial charge in [0.15, 0.2) is 17.6 Å². The third-order valence-corrected chi connectivity index (χ3v) is 3.20. The van der Waals surface area contributed by atoms with Crippen molar-refractivity contribution in [3.63, 3.8) is 0 Å². The molecule has 1 atom stereocenters. The summed E-state index contributed by atoms with van der Waals surface area (Å²) in [5.41, 5.74) is 6.80. The number of hydrogen-bond donors (Lipinski definition) is 1. The number of carbonyl (C=O) groups is 1. The predicted octanol–water partition coefficient (Wildman–Crippen LogP) is 2.65. The van der Waals surface area contributed by atoms with Crippen LogP contribution in [0, 0.1) is 0 Å². The number of benzene rings is 2. The van der Waals surface area contributed by atoms with Gasteiger partial charge in [-0.2, -0.15) is 0 Å². The Morgan fingerprint density at radius 3 is 2.81 bits per heavy atom. The molecule has 0 bridgehead atoms. The first-order chi connectivity index (χ1) is 10.1. The quantitative estimate of drug-likeness (QED) is 0.690. The van der Waals surface area contributed by atoms with Crippen LogP contribution in [-0.4, -0.2) is 18.7 Å². The van der Waals surface area contributed by atoms with Gasteiger partial charge < -0.3 is 19.9 Å². The summed E-state index contributed by atoms with van der Waals surface area (Å²) in [7, 11) is 0. The molecule has 0 aromatic heterocycles. The molecule has 0 amide bonds. The topological polar surface area (TPSA) is 70.8 Å². The first-order valence-corrected chi connectivity index (χ1v) is 6.59. The van der Waals surface area contributed by atoms with Gasteiger partial charge in [0.1, 0.15) is 5.75 Å². The van der Waals surface area contributed by atoms with Crippen molar-refractivity contribution in [2.45, 2.75) is 13.0 Å². The Morgan fingerprint density at radius 1 is 1.19 bits per heavy atom. The number of Topliss-reactive ketones (excluding diaryl/α,β-unsaturated/α-hetero) is 1. The van der Waals surface area contributed by atoms with Gasteiger partial charge in [-0.15, -0.1) is 0 Å². The summed E-state index contributed by atoms with van der Waals surface area (Å²) in [4.78, 5) is 12.4. The van der Waals surface area contributed by atoms with Crippen LogP contribution in [0.1, 0.15) is 17.3 Å². The highest BCUT2D eigenvalue weighted by atomic mass is 16.7. The highest BCUT2D eigenvalue weighted by Gasteiger charge is 2.21. The van der Waals surface area contributed by atoms with Crippen molar-refractivity contribution in [1.29, 1.82) is 0 Å². The number of ketones is 1. The van der Waals surface area contributed by atoms with Crippen molar-refractivity contribution >= 4 is 11.5 Å². The number of rotatable bonds is 4. The molecule has 2 N–H and O–H groups in total. The van der Waals surface area contributed by atoms with Gasteiger partial charge in [0.05, 0.1) is 0 Å². The van der Waals surface area contributed by atoms with E-state index >= 15 is 0 Å². The second kappa shape index (κ2) is 5.36. The number of ether oxygens (including phenoxy) is 3. The molecule has 3 rings (SSSR count). The van der Waals surface area contributed by atoms with Crippen LogP contribution < -0.4 is 19.9 Å². The van der Waals surface area contributed by atoms with Crippen LogP contribution in [0.25, 0.3) is 0 Å². The van der Waals surface area contributed by atoms with E-state index in [1.54, 1.807) is 49.4 Å². The third-order valence-electron chi connectivity index (χ3n) is 3.20. The average molecular weight is 285 g/mol. The fourth-order valence-electron chi connectivity index (χ4n) is 2.13. The monoisotopic (exact) mass is 285 g/mol. The van der Waals surface area contributed by atoms with Crippen LogP contribution in [0.4, 0.5) is 5.69 Å². The van der Waals surface area contributed by atoms with Gasteiger partial charge in [-0.05, 0) is 37.3 Å². The number of hydrogen-bond acceptors (Lipinski definition) is 5. The Balaban J connectivity index is 1.75. The molecule has 21 heavy (non-hydrogen) atoms. The lowest BCUT2D eigenvalue weighted by Gasteiger charge is -2.14. The molecular weight excluding hydrogens is 270 g/mol. The minimum atomic E-state index is -0.618. The zero-order chi connectivity index (χ0) is 14.8. The number of anilines is 1. The highest BCUT2D eigenvalue weighted by Crippen LogP contribution is 2.33. The first-order valence-electron chi connectivity index (χ1n) is 6.59. The summed E-state index contributed by atoms with van der Waals surface area (Å²) in [5.74, 6) is 1.67. The second-order valence-corrected chi connectivity index (χ2v) is 4.76. The van der Waals surface area contributed by atoms with Crippen molar-refractivity contribution in [3.8, 4) is 17.2 Å². The standard InChI is InChI=1S/C16H15NO4/c1-10(21-13-4-2-3-12(17)8-13)16(18)11-5-6-14-15(7-11)20-9-19-14/h2-8,10H,9,17H2,1H3. The number of nitrogen functional groups attached to an aromatic ring is 1. The van der Waals surface area contributed by atoms with Crippen LogP contribution in [0.15, 0.2) is 42.5 Å². The molecule has 1 unspecified atom stereocenters. The average Bonchev–Trinajstić information content (AvgIpc) is 2.93. The van der Waals surface area contributed by atoms with Crippen LogP contribution in [-0.2, 0) is 0 Å². The van der Waals surface area contributed by atoms with Gasteiger partial charge in [0.25, 0.3) is 0 Å². The first kappa shape index (κ1) is 13.3. The molecule has 108 valence electrons. The van der Waals surface area contributed by atoms with Gasteiger partial charge in [0, 0.05) is 17.3 Å². The maximum absolute atomic E-state index is 12.4. The van der Waals surface area contributed by atoms with Crippen molar-refractivity contribution in [3.05, 3.63) is 48.0 Å². The molecule has 1 aliphatic rings. The molecular formula is C16H15NO4. The molecule has 5 heteroatoms. The lowest BCUT2D eigenvalue weighted by atomic mass is 10.1. The Kier molecular flexibility index (Phi) is 3.39. The minimum Gasteiger partial charge on any atom is -0.482 e. The Bertz CT molecular complexity index is 684. The zero-order valence-corrected chi connectivity index (χ0v) is 11.5. The Morgan fingerprint density at radius 2 is 2.00 bits per heavy atom. The van der Waals surface area contributed by atoms with Gasteiger partial charge in [-0.25, -0.2) is 0 Å². The molecule has 1 aliphatic heterocycles. The van der Waals surface area contributed by atoms with E-state index in [2.05, 4.69) is 0 Å². The zero-order valence-electron chi connectivity index (χ0n) is 11.5. The van der Waals surface area contributed by atoms with E-state index in [1.807, 2.05) is 0 Å². The lowest BCUT2D eigenvalue weighted by molar-refractivity contribution is 0.0818. The van der Waals surface area contributed by atoms with Crippen molar-refractivity contribution in [2.24, 2.45) is 0 Å². The Labute approximate surface area is 122 Å². The SMILES string of the molecule is CC(Oc1cccc(N)c1)C(=O)c1ccc2c(c1)OCO2. The summed E-state index contributed by atoms with van der Waals surface area (Å²) in [6.45, 7) is 1.89. The maximum atomic E-state index is 12.4. The van der Waals surface area contributed by atoms with Crippen LogP contribution in [0.5, 0.6) is 17.2 Å². The van der Waals surface area contributed by atoms with Gasteiger partial charge in [-0.1, -0.05) is 6.07 Å².